The van der Waals surface area contributed by atoms with Gasteiger partial charge in [-0.2, -0.15) is 0 Å². The normalized spacial score (nSPS) is 10.5. The van der Waals surface area contributed by atoms with Gasteiger partial charge in [0.1, 0.15) is 11.3 Å². The summed E-state index contributed by atoms with van der Waals surface area (Å²) >= 11 is 0. The Balaban J connectivity index is 1.98. The lowest BCUT2D eigenvalue weighted by molar-refractivity contribution is 0.0991. The first-order valence-corrected chi connectivity index (χ1v) is 7.14. The molecule has 0 unspecified atom stereocenters. The molecular weight excluding hydrogens is 292 g/mol. The SMILES string of the molecule is COc1ccc(N(C)C(=O)c2cc3ccccc3[nH]c2=O)cc1. The Morgan fingerprint density at radius 2 is 1.78 bits per heavy atom. The van der Waals surface area contributed by atoms with Gasteiger partial charge in [0.25, 0.3) is 11.5 Å². The molecule has 5 nitrogen and oxygen atoms in total. The molecular formula is C18H16N2O3. The number of para-hydroxylation sites is 1. The number of pyridine rings is 1. The summed E-state index contributed by atoms with van der Waals surface area (Å²) in [6.07, 6.45) is 0. The monoisotopic (exact) mass is 308 g/mol. The highest BCUT2D eigenvalue weighted by Gasteiger charge is 2.17. The summed E-state index contributed by atoms with van der Waals surface area (Å²) in [5.74, 6) is 0.348. The van der Waals surface area contributed by atoms with Crippen molar-refractivity contribution in [1.82, 2.24) is 4.98 Å². The van der Waals surface area contributed by atoms with Crippen LogP contribution in [0.4, 0.5) is 5.69 Å². The van der Waals surface area contributed by atoms with Crippen molar-refractivity contribution in [2.45, 2.75) is 0 Å². The molecule has 5 heteroatoms. The van der Waals surface area contributed by atoms with E-state index in [-0.39, 0.29) is 11.5 Å². The third kappa shape index (κ3) is 2.81. The smallest absolute Gasteiger partial charge is 0.263 e. The highest BCUT2D eigenvalue weighted by molar-refractivity contribution is 6.07. The number of nitrogens with zero attached hydrogens (tertiary/aromatic N) is 1. The first kappa shape index (κ1) is 14.8. The zero-order valence-corrected chi connectivity index (χ0v) is 12.9. The molecule has 0 saturated carbocycles. The van der Waals surface area contributed by atoms with Crippen LogP contribution < -0.4 is 15.2 Å². The molecule has 23 heavy (non-hydrogen) atoms. The lowest BCUT2D eigenvalue weighted by Gasteiger charge is -2.17. The number of anilines is 1. The van der Waals surface area contributed by atoms with Gasteiger partial charge in [0.05, 0.1) is 7.11 Å². The van der Waals surface area contributed by atoms with Crippen molar-refractivity contribution in [3.8, 4) is 5.75 Å². The molecule has 0 aliphatic carbocycles. The number of amides is 1. The van der Waals surface area contributed by atoms with Crippen molar-refractivity contribution < 1.29 is 9.53 Å². The lowest BCUT2D eigenvalue weighted by Crippen LogP contribution is -2.31. The predicted octanol–water partition coefficient (Wildman–Crippen LogP) is 2.81. The van der Waals surface area contributed by atoms with Gasteiger partial charge in [-0.15, -0.1) is 0 Å². The fourth-order valence-corrected chi connectivity index (χ4v) is 2.41. The number of rotatable bonds is 3. The molecule has 0 aliphatic heterocycles. The summed E-state index contributed by atoms with van der Waals surface area (Å²) in [5, 5.41) is 0.818. The molecule has 1 heterocycles. The number of benzene rings is 2. The first-order chi connectivity index (χ1) is 11.1. The maximum atomic E-state index is 12.6. The van der Waals surface area contributed by atoms with E-state index in [1.165, 1.54) is 4.90 Å². The van der Waals surface area contributed by atoms with E-state index in [0.717, 1.165) is 5.39 Å². The van der Waals surface area contributed by atoms with Crippen LogP contribution in [0.1, 0.15) is 10.4 Å². The van der Waals surface area contributed by atoms with Crippen molar-refractivity contribution in [2.24, 2.45) is 0 Å². The molecule has 0 saturated heterocycles. The zero-order valence-electron chi connectivity index (χ0n) is 12.9. The van der Waals surface area contributed by atoms with E-state index in [4.69, 9.17) is 4.74 Å². The van der Waals surface area contributed by atoms with Crippen LogP contribution in [0, 0.1) is 0 Å². The van der Waals surface area contributed by atoms with Crippen LogP contribution in [0.3, 0.4) is 0 Å². The van der Waals surface area contributed by atoms with Gasteiger partial charge in [0, 0.05) is 18.3 Å². The molecule has 3 rings (SSSR count). The van der Waals surface area contributed by atoms with Crippen LogP contribution in [0.2, 0.25) is 0 Å². The van der Waals surface area contributed by atoms with Crippen molar-refractivity contribution in [1.29, 1.82) is 0 Å². The van der Waals surface area contributed by atoms with E-state index in [1.807, 2.05) is 18.2 Å². The van der Waals surface area contributed by atoms with Crippen molar-refractivity contribution in [2.75, 3.05) is 19.1 Å². The van der Waals surface area contributed by atoms with Crippen molar-refractivity contribution in [3.05, 3.63) is 70.5 Å². The quantitative estimate of drug-likeness (QED) is 0.809. The number of ether oxygens (including phenoxy) is 1. The summed E-state index contributed by atoms with van der Waals surface area (Å²) in [7, 11) is 3.22. The second-order valence-corrected chi connectivity index (χ2v) is 5.16. The van der Waals surface area contributed by atoms with E-state index in [1.54, 1.807) is 50.6 Å². The van der Waals surface area contributed by atoms with Gasteiger partial charge in [0.15, 0.2) is 0 Å². The van der Waals surface area contributed by atoms with Gasteiger partial charge in [0.2, 0.25) is 0 Å². The molecule has 0 radical (unpaired) electrons. The van der Waals surface area contributed by atoms with Gasteiger partial charge in [-0.05, 0) is 41.8 Å². The highest BCUT2D eigenvalue weighted by atomic mass is 16.5. The minimum atomic E-state index is -0.394. The van der Waals surface area contributed by atoms with Crippen molar-refractivity contribution >= 4 is 22.5 Å². The number of hydrogen-bond acceptors (Lipinski definition) is 3. The number of nitrogens with one attached hydrogen (secondary N) is 1. The fraction of sp³-hybridized carbons (Fsp3) is 0.111. The number of methoxy groups -OCH3 is 1. The van der Waals surface area contributed by atoms with Gasteiger partial charge in [-0.25, -0.2) is 0 Å². The van der Waals surface area contributed by atoms with Gasteiger partial charge < -0.3 is 14.6 Å². The van der Waals surface area contributed by atoms with E-state index in [0.29, 0.717) is 17.0 Å². The molecule has 1 aromatic heterocycles. The zero-order chi connectivity index (χ0) is 16.4. The Morgan fingerprint density at radius 1 is 1.09 bits per heavy atom. The van der Waals surface area contributed by atoms with Crippen LogP contribution in [0.25, 0.3) is 10.9 Å². The van der Waals surface area contributed by atoms with Crippen LogP contribution in [-0.2, 0) is 0 Å². The largest absolute Gasteiger partial charge is 0.497 e. The summed E-state index contributed by atoms with van der Waals surface area (Å²) in [6, 6.07) is 16.1. The molecule has 0 atom stereocenters. The molecule has 116 valence electrons. The molecule has 0 fully saturated rings. The average molecular weight is 308 g/mol. The van der Waals surface area contributed by atoms with E-state index < -0.39 is 5.56 Å². The number of hydrogen-bond donors (Lipinski definition) is 1. The maximum Gasteiger partial charge on any atom is 0.263 e. The van der Waals surface area contributed by atoms with Crippen LogP contribution >= 0.6 is 0 Å². The van der Waals surface area contributed by atoms with Crippen LogP contribution in [0.15, 0.2) is 59.4 Å². The average Bonchev–Trinajstić information content (AvgIpc) is 2.60. The number of carbonyl (C=O) groups is 1. The third-order valence-electron chi connectivity index (χ3n) is 3.75. The van der Waals surface area contributed by atoms with Gasteiger partial charge in [-0.3, -0.25) is 9.59 Å². The topological polar surface area (TPSA) is 62.4 Å². The Bertz CT molecular complexity index is 913. The Labute approximate surface area is 133 Å². The molecule has 1 N–H and O–H groups in total. The Kier molecular flexibility index (Phi) is 3.85. The third-order valence-corrected chi connectivity index (χ3v) is 3.75. The number of aromatic nitrogens is 1. The minimum absolute atomic E-state index is 0.113. The number of fused-ring (bicyclic) bond motifs is 1. The number of carbonyl (C=O) groups excluding carboxylic acids is 1. The maximum absolute atomic E-state index is 12.6. The first-order valence-electron chi connectivity index (χ1n) is 7.14. The van der Waals surface area contributed by atoms with E-state index >= 15 is 0 Å². The van der Waals surface area contributed by atoms with Crippen molar-refractivity contribution in [3.63, 3.8) is 0 Å². The van der Waals surface area contributed by atoms with E-state index in [9.17, 15) is 9.59 Å². The van der Waals surface area contributed by atoms with E-state index in [2.05, 4.69) is 4.98 Å². The summed E-state index contributed by atoms with van der Waals surface area (Å²) in [6.45, 7) is 0. The second-order valence-electron chi connectivity index (χ2n) is 5.16. The predicted molar refractivity (Wildman–Crippen MR) is 90.3 cm³/mol. The molecule has 0 aliphatic rings. The molecule has 3 aromatic rings. The summed E-state index contributed by atoms with van der Waals surface area (Å²) in [5.41, 5.74) is 1.11. The Morgan fingerprint density at radius 3 is 2.48 bits per heavy atom. The number of H-pyrrole nitrogens is 1. The molecule has 1 amide bonds. The second kappa shape index (κ2) is 5.96. The van der Waals surface area contributed by atoms with Gasteiger partial charge in [-0.1, -0.05) is 18.2 Å². The Hall–Kier alpha value is -3.08. The van der Waals surface area contributed by atoms with Crippen LogP contribution in [-0.4, -0.2) is 25.0 Å². The van der Waals surface area contributed by atoms with Gasteiger partial charge >= 0.3 is 0 Å². The molecule has 2 aromatic carbocycles. The standard InChI is InChI=1S/C18H16N2O3/c1-20(13-7-9-14(23-2)10-8-13)18(22)15-11-12-5-3-4-6-16(12)19-17(15)21/h3-11H,1-2H3,(H,19,21). The number of aromatic amines is 1. The highest BCUT2D eigenvalue weighted by Crippen LogP contribution is 2.20. The fourth-order valence-electron chi connectivity index (χ4n) is 2.41. The lowest BCUT2D eigenvalue weighted by atomic mass is 10.1. The summed E-state index contributed by atoms with van der Waals surface area (Å²) < 4.78 is 5.10. The molecule has 0 spiro atoms. The summed E-state index contributed by atoms with van der Waals surface area (Å²) in [4.78, 5) is 29.0. The van der Waals surface area contributed by atoms with Crippen LogP contribution in [0.5, 0.6) is 5.75 Å². The minimum Gasteiger partial charge on any atom is -0.497 e. The molecule has 0 bridgehead atoms.